The topological polar surface area (TPSA) is 109 Å². The zero-order valence-corrected chi connectivity index (χ0v) is 12.7. The molecule has 1 heterocycles. The predicted molar refractivity (Wildman–Crippen MR) is 75.6 cm³/mol. The van der Waals surface area contributed by atoms with Gasteiger partial charge in [0.25, 0.3) is 15.2 Å². The molecule has 1 aromatic heterocycles. The van der Waals surface area contributed by atoms with E-state index in [-0.39, 0.29) is 5.16 Å². The van der Waals surface area contributed by atoms with E-state index in [9.17, 15) is 8.42 Å². The van der Waals surface area contributed by atoms with E-state index in [2.05, 4.69) is 10.2 Å². The van der Waals surface area contributed by atoms with Crippen molar-refractivity contribution in [3.63, 3.8) is 0 Å². The SMILES string of the molecule is CCn1c(-c2c(OC)cccc2OC)nnc1S(N)(=O)=O. The molecule has 0 saturated carbocycles. The molecule has 0 atom stereocenters. The summed E-state index contributed by atoms with van der Waals surface area (Å²) in [6.45, 7) is 2.10. The summed E-state index contributed by atoms with van der Waals surface area (Å²) in [7, 11) is -0.953. The van der Waals surface area contributed by atoms with Gasteiger partial charge in [0.15, 0.2) is 5.82 Å². The lowest BCUT2D eigenvalue weighted by molar-refractivity contribution is 0.396. The van der Waals surface area contributed by atoms with Gasteiger partial charge < -0.3 is 9.47 Å². The van der Waals surface area contributed by atoms with Gasteiger partial charge >= 0.3 is 0 Å². The van der Waals surface area contributed by atoms with E-state index in [0.29, 0.717) is 29.4 Å². The minimum atomic E-state index is -3.96. The van der Waals surface area contributed by atoms with Crippen LogP contribution in [0.15, 0.2) is 23.4 Å². The number of sulfonamides is 1. The van der Waals surface area contributed by atoms with Crippen LogP contribution in [0.3, 0.4) is 0 Å². The van der Waals surface area contributed by atoms with Crippen LogP contribution in [-0.2, 0) is 16.6 Å². The molecule has 0 aliphatic rings. The van der Waals surface area contributed by atoms with Crippen LogP contribution >= 0.6 is 0 Å². The van der Waals surface area contributed by atoms with E-state index in [1.807, 2.05) is 0 Å². The fraction of sp³-hybridized carbons (Fsp3) is 0.333. The standard InChI is InChI=1S/C12H16N4O4S/c1-4-16-11(14-15-12(16)21(13,17)18)10-8(19-2)6-5-7-9(10)20-3/h5-7H,4H2,1-3H3,(H2,13,17,18). The van der Waals surface area contributed by atoms with E-state index in [4.69, 9.17) is 14.6 Å². The summed E-state index contributed by atoms with van der Waals surface area (Å²) in [5.41, 5.74) is 0.520. The Labute approximate surface area is 122 Å². The van der Waals surface area contributed by atoms with Crippen molar-refractivity contribution in [2.45, 2.75) is 18.6 Å². The van der Waals surface area contributed by atoms with Crippen molar-refractivity contribution in [3.05, 3.63) is 18.2 Å². The van der Waals surface area contributed by atoms with Crippen LogP contribution in [0.5, 0.6) is 11.5 Å². The minimum Gasteiger partial charge on any atom is -0.496 e. The Hall–Kier alpha value is -2.13. The first kappa shape index (κ1) is 15.3. The highest BCUT2D eigenvalue weighted by atomic mass is 32.2. The van der Waals surface area contributed by atoms with Crippen molar-refractivity contribution >= 4 is 10.0 Å². The Morgan fingerprint density at radius 3 is 2.19 bits per heavy atom. The summed E-state index contributed by atoms with van der Waals surface area (Å²) < 4.78 is 35.1. The number of hydrogen-bond acceptors (Lipinski definition) is 6. The van der Waals surface area contributed by atoms with Crippen LogP contribution in [0.1, 0.15) is 6.92 Å². The number of aromatic nitrogens is 3. The van der Waals surface area contributed by atoms with Gasteiger partial charge in [-0.05, 0) is 19.1 Å². The summed E-state index contributed by atoms with van der Waals surface area (Å²) in [4.78, 5) is 0. The van der Waals surface area contributed by atoms with Gasteiger partial charge in [-0.1, -0.05) is 6.07 Å². The third kappa shape index (κ3) is 2.69. The van der Waals surface area contributed by atoms with Crippen molar-refractivity contribution in [1.29, 1.82) is 0 Å². The number of ether oxygens (including phenoxy) is 2. The van der Waals surface area contributed by atoms with Crippen LogP contribution < -0.4 is 14.6 Å². The molecule has 114 valence electrons. The lowest BCUT2D eigenvalue weighted by Crippen LogP contribution is -2.18. The molecule has 0 bridgehead atoms. The smallest absolute Gasteiger partial charge is 0.273 e. The van der Waals surface area contributed by atoms with Crippen molar-refractivity contribution in [2.75, 3.05) is 14.2 Å². The average molecular weight is 312 g/mol. The molecule has 0 aliphatic heterocycles. The van der Waals surface area contributed by atoms with Crippen LogP contribution in [-0.4, -0.2) is 37.4 Å². The number of methoxy groups -OCH3 is 2. The third-order valence-corrected chi connectivity index (χ3v) is 3.75. The summed E-state index contributed by atoms with van der Waals surface area (Å²) in [6, 6.07) is 5.21. The largest absolute Gasteiger partial charge is 0.496 e. The second kappa shape index (κ2) is 5.70. The molecule has 2 aromatic rings. The second-order valence-electron chi connectivity index (χ2n) is 4.13. The van der Waals surface area contributed by atoms with E-state index in [0.717, 1.165) is 0 Å². The minimum absolute atomic E-state index is 0.298. The molecule has 0 spiro atoms. The number of nitrogens with two attached hydrogens (primary N) is 1. The van der Waals surface area contributed by atoms with Crippen molar-refractivity contribution in [1.82, 2.24) is 14.8 Å². The highest BCUT2D eigenvalue weighted by Gasteiger charge is 2.25. The second-order valence-corrected chi connectivity index (χ2v) is 5.59. The van der Waals surface area contributed by atoms with E-state index >= 15 is 0 Å². The number of primary sulfonamides is 1. The zero-order chi connectivity index (χ0) is 15.6. The summed E-state index contributed by atoms with van der Waals surface area (Å²) >= 11 is 0. The number of hydrogen-bond donors (Lipinski definition) is 1. The van der Waals surface area contributed by atoms with Gasteiger partial charge in [0.1, 0.15) is 17.1 Å². The van der Waals surface area contributed by atoms with E-state index in [1.54, 1.807) is 25.1 Å². The highest BCUT2D eigenvalue weighted by Crippen LogP contribution is 2.37. The van der Waals surface area contributed by atoms with Crippen LogP contribution in [0, 0.1) is 0 Å². The van der Waals surface area contributed by atoms with Gasteiger partial charge in [0.2, 0.25) is 0 Å². The highest BCUT2D eigenvalue weighted by molar-refractivity contribution is 7.89. The Balaban J connectivity index is 2.77. The average Bonchev–Trinajstić information content (AvgIpc) is 2.89. The maximum atomic E-state index is 11.6. The molecule has 0 aliphatic carbocycles. The predicted octanol–water partition coefficient (Wildman–Crippen LogP) is 0.630. The molecule has 1 aromatic carbocycles. The van der Waals surface area contributed by atoms with Gasteiger partial charge in [-0.15, -0.1) is 10.2 Å². The lowest BCUT2D eigenvalue weighted by atomic mass is 10.1. The van der Waals surface area contributed by atoms with E-state index in [1.165, 1.54) is 18.8 Å². The van der Waals surface area contributed by atoms with Crippen molar-refractivity contribution in [3.8, 4) is 22.9 Å². The van der Waals surface area contributed by atoms with Gasteiger partial charge in [0, 0.05) is 6.54 Å². The maximum Gasteiger partial charge on any atom is 0.273 e. The van der Waals surface area contributed by atoms with Crippen LogP contribution in [0.25, 0.3) is 11.4 Å². The number of nitrogens with zero attached hydrogens (tertiary/aromatic N) is 3. The lowest BCUT2D eigenvalue weighted by Gasteiger charge is -2.13. The van der Waals surface area contributed by atoms with Crippen molar-refractivity contribution in [2.24, 2.45) is 5.14 Å². The first-order valence-corrected chi connectivity index (χ1v) is 7.66. The molecule has 9 heteroatoms. The molecule has 0 radical (unpaired) electrons. The van der Waals surface area contributed by atoms with Crippen LogP contribution in [0.4, 0.5) is 0 Å². The fourth-order valence-corrected chi connectivity index (χ4v) is 2.72. The molecule has 0 fully saturated rings. The Morgan fingerprint density at radius 1 is 1.19 bits per heavy atom. The molecular formula is C12H16N4O4S. The molecule has 2 N–H and O–H groups in total. The summed E-state index contributed by atoms with van der Waals surface area (Å²) in [5, 5.41) is 12.5. The van der Waals surface area contributed by atoms with Gasteiger partial charge in [0.05, 0.1) is 14.2 Å². The van der Waals surface area contributed by atoms with Gasteiger partial charge in [-0.3, -0.25) is 4.57 Å². The summed E-state index contributed by atoms with van der Waals surface area (Å²) in [5.74, 6) is 1.31. The Kier molecular flexibility index (Phi) is 4.14. The summed E-state index contributed by atoms with van der Waals surface area (Å²) in [6.07, 6.45) is 0. The van der Waals surface area contributed by atoms with E-state index < -0.39 is 10.0 Å². The van der Waals surface area contributed by atoms with Crippen LogP contribution in [0.2, 0.25) is 0 Å². The molecule has 21 heavy (non-hydrogen) atoms. The Bertz CT molecular complexity index is 732. The quantitative estimate of drug-likeness (QED) is 0.867. The first-order valence-electron chi connectivity index (χ1n) is 6.11. The molecule has 0 unspecified atom stereocenters. The molecule has 0 amide bonds. The fourth-order valence-electron chi connectivity index (χ4n) is 2.04. The molecular weight excluding hydrogens is 296 g/mol. The number of rotatable bonds is 5. The zero-order valence-electron chi connectivity index (χ0n) is 11.9. The van der Waals surface area contributed by atoms with Gasteiger partial charge in [-0.25, -0.2) is 13.6 Å². The maximum absolute atomic E-state index is 11.6. The van der Waals surface area contributed by atoms with Gasteiger partial charge in [-0.2, -0.15) is 0 Å². The monoisotopic (exact) mass is 312 g/mol. The van der Waals surface area contributed by atoms with Crippen molar-refractivity contribution < 1.29 is 17.9 Å². The third-order valence-electron chi connectivity index (χ3n) is 2.94. The molecule has 0 saturated heterocycles. The normalized spacial score (nSPS) is 11.4. The Morgan fingerprint density at radius 2 is 1.76 bits per heavy atom. The first-order chi connectivity index (χ1) is 9.93. The molecule has 2 rings (SSSR count). The molecule has 8 nitrogen and oxygen atoms in total. The number of benzene rings is 1.